The van der Waals surface area contributed by atoms with Crippen molar-refractivity contribution in [3.63, 3.8) is 0 Å². The standard InChI is InChI=1S/C8H17.3C2H5O.Sn/c1-3-5-7-8-6-4-2;3*1-2-3;/h1,3-8H2,2H3;3*2H2,1H3;/q;3*-1;+3. The van der Waals surface area contributed by atoms with Crippen molar-refractivity contribution in [2.45, 2.75) is 70.7 Å². The SMILES string of the molecule is CCCCCCC[CH2][Sn]([O]CC)([O]CC)[O]CC. The van der Waals surface area contributed by atoms with Crippen molar-refractivity contribution in [2.24, 2.45) is 0 Å². The van der Waals surface area contributed by atoms with Crippen LogP contribution in [-0.2, 0) is 9.22 Å². The van der Waals surface area contributed by atoms with Gasteiger partial charge in [0.05, 0.1) is 0 Å². The van der Waals surface area contributed by atoms with Gasteiger partial charge in [-0.25, -0.2) is 0 Å². The maximum atomic E-state index is 5.90. The van der Waals surface area contributed by atoms with Crippen molar-refractivity contribution in [1.82, 2.24) is 0 Å². The van der Waals surface area contributed by atoms with Crippen LogP contribution >= 0.6 is 0 Å². The summed E-state index contributed by atoms with van der Waals surface area (Å²) in [7, 11) is 0. The molecule has 0 aliphatic heterocycles. The Morgan fingerprint density at radius 1 is 0.611 bits per heavy atom. The van der Waals surface area contributed by atoms with Gasteiger partial charge in [-0.3, -0.25) is 0 Å². The molecule has 0 rings (SSSR count). The summed E-state index contributed by atoms with van der Waals surface area (Å²) in [6.07, 6.45) is 7.83. The molecule has 0 N–H and O–H groups in total. The molecule has 0 aromatic heterocycles. The molecule has 0 atom stereocenters. The summed E-state index contributed by atoms with van der Waals surface area (Å²) >= 11 is -3.16. The van der Waals surface area contributed by atoms with Crippen molar-refractivity contribution >= 4 is 19.6 Å². The normalized spacial score (nSPS) is 12.0. The van der Waals surface area contributed by atoms with Crippen molar-refractivity contribution in [3.05, 3.63) is 0 Å². The van der Waals surface area contributed by atoms with Crippen LogP contribution in [0.5, 0.6) is 0 Å². The molecule has 0 spiro atoms. The minimum atomic E-state index is -3.16. The molecule has 0 radical (unpaired) electrons. The van der Waals surface area contributed by atoms with Crippen LogP contribution in [0.1, 0.15) is 66.2 Å². The van der Waals surface area contributed by atoms with E-state index >= 15 is 0 Å². The summed E-state index contributed by atoms with van der Waals surface area (Å²) < 4.78 is 18.7. The third kappa shape index (κ3) is 8.72. The Bertz CT molecular complexity index is 159. The van der Waals surface area contributed by atoms with E-state index in [9.17, 15) is 0 Å². The number of unbranched alkanes of at least 4 members (excludes halogenated alkanes) is 5. The van der Waals surface area contributed by atoms with E-state index in [4.69, 9.17) is 9.22 Å². The van der Waals surface area contributed by atoms with Crippen molar-refractivity contribution in [3.8, 4) is 0 Å². The van der Waals surface area contributed by atoms with E-state index in [1.807, 2.05) is 20.8 Å². The van der Waals surface area contributed by atoms with E-state index in [-0.39, 0.29) is 0 Å². The zero-order chi connectivity index (χ0) is 13.7. The molecule has 0 aliphatic carbocycles. The van der Waals surface area contributed by atoms with Gasteiger partial charge in [-0.05, 0) is 0 Å². The molecule has 110 valence electrons. The first-order chi connectivity index (χ1) is 8.74. The van der Waals surface area contributed by atoms with Crippen LogP contribution < -0.4 is 0 Å². The molecule has 0 fully saturated rings. The first kappa shape index (κ1) is 18.7. The van der Waals surface area contributed by atoms with Gasteiger partial charge in [0.2, 0.25) is 0 Å². The molecule has 0 amide bonds. The van der Waals surface area contributed by atoms with Crippen LogP contribution in [0, 0.1) is 0 Å². The predicted molar refractivity (Wildman–Crippen MR) is 78.8 cm³/mol. The molecule has 0 heterocycles. The zero-order valence-electron chi connectivity index (χ0n) is 12.8. The molecule has 4 heteroatoms. The molecular formula is C14H32O3Sn. The van der Waals surface area contributed by atoms with Gasteiger partial charge in [0.1, 0.15) is 0 Å². The van der Waals surface area contributed by atoms with Crippen LogP contribution in [0.3, 0.4) is 0 Å². The molecule has 0 bridgehead atoms. The zero-order valence-corrected chi connectivity index (χ0v) is 15.6. The monoisotopic (exact) mass is 368 g/mol. The van der Waals surface area contributed by atoms with E-state index in [1.165, 1.54) is 38.5 Å². The molecular weight excluding hydrogens is 335 g/mol. The summed E-state index contributed by atoms with van der Waals surface area (Å²) in [5, 5.41) is 0. The molecule has 3 nitrogen and oxygen atoms in total. The van der Waals surface area contributed by atoms with Gasteiger partial charge in [0, 0.05) is 0 Å². The van der Waals surface area contributed by atoms with Crippen LogP contribution in [0.15, 0.2) is 0 Å². The quantitative estimate of drug-likeness (QED) is 0.357. The maximum absolute atomic E-state index is 5.90. The number of hydrogen-bond donors (Lipinski definition) is 0. The first-order valence-electron chi connectivity index (χ1n) is 7.66. The molecule has 18 heavy (non-hydrogen) atoms. The van der Waals surface area contributed by atoms with Gasteiger partial charge in [-0.15, -0.1) is 0 Å². The molecule has 0 saturated heterocycles. The Labute approximate surface area is 119 Å². The number of rotatable bonds is 13. The Hall–Kier alpha value is 0.679. The molecule has 0 saturated carbocycles. The molecule has 0 aromatic rings. The third-order valence-corrected chi connectivity index (χ3v) is 11.9. The second-order valence-electron chi connectivity index (χ2n) is 4.50. The first-order valence-corrected chi connectivity index (χ1v) is 13.2. The summed E-state index contributed by atoms with van der Waals surface area (Å²) in [5.74, 6) is 0. The average Bonchev–Trinajstić information content (AvgIpc) is 2.35. The van der Waals surface area contributed by atoms with Crippen LogP contribution in [-0.4, -0.2) is 39.4 Å². The van der Waals surface area contributed by atoms with Gasteiger partial charge in [0.15, 0.2) is 0 Å². The van der Waals surface area contributed by atoms with Gasteiger partial charge in [-0.2, -0.15) is 0 Å². The second kappa shape index (κ2) is 12.7. The van der Waals surface area contributed by atoms with E-state index in [1.54, 1.807) is 0 Å². The Balaban J connectivity index is 3.97. The van der Waals surface area contributed by atoms with E-state index in [0.717, 1.165) is 4.44 Å². The fourth-order valence-corrected chi connectivity index (χ4v) is 9.79. The summed E-state index contributed by atoms with van der Waals surface area (Å²) in [6.45, 7) is 10.5. The van der Waals surface area contributed by atoms with Crippen molar-refractivity contribution in [1.29, 1.82) is 0 Å². The Morgan fingerprint density at radius 2 is 1.06 bits per heavy atom. The molecule has 0 aromatic carbocycles. The van der Waals surface area contributed by atoms with E-state index < -0.39 is 19.6 Å². The van der Waals surface area contributed by atoms with Gasteiger partial charge < -0.3 is 0 Å². The third-order valence-electron chi connectivity index (χ3n) is 2.93. The van der Waals surface area contributed by atoms with Crippen LogP contribution in [0.2, 0.25) is 4.44 Å². The average molecular weight is 367 g/mol. The van der Waals surface area contributed by atoms with Crippen molar-refractivity contribution < 1.29 is 9.22 Å². The van der Waals surface area contributed by atoms with E-state index in [2.05, 4.69) is 6.92 Å². The second-order valence-corrected chi connectivity index (χ2v) is 12.3. The fourth-order valence-electron chi connectivity index (χ4n) is 2.12. The molecule has 0 unspecified atom stereocenters. The molecule has 0 aliphatic rings. The predicted octanol–water partition coefficient (Wildman–Crippen LogP) is 4.40. The fraction of sp³-hybridized carbons (Fsp3) is 1.00. The summed E-state index contributed by atoms with van der Waals surface area (Å²) in [6, 6.07) is 0. The van der Waals surface area contributed by atoms with Crippen LogP contribution in [0.25, 0.3) is 0 Å². The van der Waals surface area contributed by atoms with Gasteiger partial charge >= 0.3 is 119 Å². The Morgan fingerprint density at radius 3 is 1.50 bits per heavy atom. The topological polar surface area (TPSA) is 27.7 Å². The van der Waals surface area contributed by atoms with Gasteiger partial charge in [-0.1, -0.05) is 0 Å². The summed E-state index contributed by atoms with van der Waals surface area (Å²) in [4.78, 5) is 0. The van der Waals surface area contributed by atoms with Crippen molar-refractivity contribution in [2.75, 3.05) is 19.8 Å². The minimum absolute atomic E-state index is 0.714. The Kier molecular flexibility index (Phi) is 13.2. The number of hydrogen-bond acceptors (Lipinski definition) is 3. The van der Waals surface area contributed by atoms with E-state index in [0.29, 0.717) is 19.8 Å². The van der Waals surface area contributed by atoms with Gasteiger partial charge in [0.25, 0.3) is 0 Å². The summed E-state index contributed by atoms with van der Waals surface area (Å²) in [5.41, 5.74) is 0. The van der Waals surface area contributed by atoms with Crippen LogP contribution in [0.4, 0.5) is 0 Å².